The van der Waals surface area contributed by atoms with Gasteiger partial charge in [0.2, 0.25) is 11.8 Å². The average Bonchev–Trinajstić information content (AvgIpc) is 3.38. The van der Waals surface area contributed by atoms with E-state index in [0.717, 1.165) is 72.2 Å². The highest BCUT2D eigenvalue weighted by molar-refractivity contribution is 5.76. The van der Waals surface area contributed by atoms with Gasteiger partial charge in [0.15, 0.2) is 6.29 Å². The zero-order valence-electron chi connectivity index (χ0n) is 31.1. The molecular formula is C43H57N3O6. The largest absolute Gasteiger partial charge is 0.392 e. The van der Waals surface area contributed by atoms with Crippen LogP contribution < -0.4 is 10.8 Å². The Morgan fingerprint density at radius 1 is 0.827 bits per heavy atom. The summed E-state index contributed by atoms with van der Waals surface area (Å²) in [4.78, 5) is 26.2. The molecule has 2 heterocycles. The predicted molar refractivity (Wildman–Crippen MR) is 201 cm³/mol. The van der Waals surface area contributed by atoms with E-state index in [1.54, 1.807) is 5.48 Å². The topological polar surface area (TPSA) is 120 Å². The summed E-state index contributed by atoms with van der Waals surface area (Å²) < 4.78 is 13.5. The van der Waals surface area contributed by atoms with Crippen molar-refractivity contribution in [1.29, 1.82) is 0 Å². The molecule has 0 spiro atoms. The molecule has 1 aliphatic carbocycles. The lowest BCUT2D eigenvalue weighted by Crippen LogP contribution is -2.42. The van der Waals surface area contributed by atoms with E-state index in [1.165, 1.54) is 19.3 Å². The Morgan fingerprint density at radius 3 is 2.25 bits per heavy atom. The van der Waals surface area contributed by atoms with E-state index in [9.17, 15) is 14.7 Å². The lowest BCUT2D eigenvalue weighted by atomic mass is 9.65. The highest BCUT2D eigenvalue weighted by atomic mass is 16.7. The number of nitrogens with one attached hydrogen (secondary N) is 2. The van der Waals surface area contributed by atoms with Crippen molar-refractivity contribution in [1.82, 2.24) is 15.7 Å². The Morgan fingerprint density at radius 2 is 1.54 bits per heavy atom. The summed E-state index contributed by atoms with van der Waals surface area (Å²) in [6, 6.07) is 25.4. The number of likely N-dealkylation sites (tertiary alicyclic amines) is 1. The van der Waals surface area contributed by atoms with Gasteiger partial charge in [-0.3, -0.25) is 19.7 Å². The Labute approximate surface area is 309 Å². The number of carbonyl (C=O) groups is 2. The minimum atomic E-state index is -0.495. The van der Waals surface area contributed by atoms with Crippen molar-refractivity contribution in [2.45, 2.75) is 123 Å². The monoisotopic (exact) mass is 711 g/mol. The molecule has 6 rings (SSSR count). The highest BCUT2D eigenvalue weighted by Gasteiger charge is 2.50. The van der Waals surface area contributed by atoms with Gasteiger partial charge in [0.1, 0.15) is 0 Å². The third-order valence-corrected chi connectivity index (χ3v) is 11.2. The van der Waals surface area contributed by atoms with Gasteiger partial charge in [-0.05, 0) is 76.8 Å². The third-order valence-electron chi connectivity index (χ3n) is 11.2. The zero-order chi connectivity index (χ0) is 36.7. The van der Waals surface area contributed by atoms with E-state index >= 15 is 0 Å². The minimum absolute atomic E-state index is 0.0158. The summed E-state index contributed by atoms with van der Waals surface area (Å²) in [7, 11) is 0. The zero-order valence-corrected chi connectivity index (χ0v) is 31.1. The number of hydrogen-bond acceptors (Lipinski definition) is 7. The smallest absolute Gasteiger partial charge is 0.243 e. The molecule has 2 aliphatic heterocycles. The molecule has 3 aromatic rings. The second-order valence-electron chi connectivity index (χ2n) is 16.5. The maximum Gasteiger partial charge on any atom is 0.243 e. The molecule has 3 aliphatic rings. The van der Waals surface area contributed by atoms with E-state index in [4.69, 9.17) is 14.7 Å². The molecule has 280 valence electrons. The van der Waals surface area contributed by atoms with Crippen molar-refractivity contribution < 1.29 is 29.4 Å². The van der Waals surface area contributed by atoms with Crippen molar-refractivity contribution in [3.05, 3.63) is 95.1 Å². The quantitative estimate of drug-likeness (QED) is 0.0723. The molecule has 5 atom stereocenters. The fourth-order valence-corrected chi connectivity index (χ4v) is 9.05. The number of fused-ring (bicyclic) bond motifs is 2. The minimum Gasteiger partial charge on any atom is -0.392 e. The number of aliphatic hydroxyl groups is 1. The van der Waals surface area contributed by atoms with E-state index in [0.29, 0.717) is 42.7 Å². The van der Waals surface area contributed by atoms with Gasteiger partial charge >= 0.3 is 0 Å². The normalized spacial score (nSPS) is 25.5. The molecule has 2 bridgehead atoms. The number of hydrogen-bond donors (Lipinski definition) is 4. The molecule has 3 aromatic carbocycles. The first-order chi connectivity index (χ1) is 25.0. The third kappa shape index (κ3) is 10.1. The van der Waals surface area contributed by atoms with Crippen molar-refractivity contribution >= 4 is 11.8 Å². The van der Waals surface area contributed by atoms with Gasteiger partial charge in [0, 0.05) is 50.5 Å². The Bertz CT molecular complexity index is 1640. The molecule has 0 aromatic heterocycles. The summed E-state index contributed by atoms with van der Waals surface area (Å²) in [6.07, 6.45) is 7.88. The Kier molecular flexibility index (Phi) is 12.5. The molecule has 2 amide bonds. The van der Waals surface area contributed by atoms with Crippen molar-refractivity contribution in [2.24, 2.45) is 10.8 Å². The first-order valence-electron chi connectivity index (χ1n) is 19.1. The van der Waals surface area contributed by atoms with Gasteiger partial charge in [-0.15, -0.1) is 0 Å². The van der Waals surface area contributed by atoms with E-state index < -0.39 is 6.29 Å². The fourth-order valence-electron chi connectivity index (χ4n) is 9.05. The van der Waals surface area contributed by atoms with Crippen molar-refractivity contribution in [3.63, 3.8) is 0 Å². The number of unbranched alkanes of at least 4 members (excludes halogenated alkanes) is 3. The van der Waals surface area contributed by atoms with Gasteiger partial charge in [-0.25, -0.2) is 5.48 Å². The van der Waals surface area contributed by atoms with Crippen LogP contribution in [0.1, 0.15) is 120 Å². The van der Waals surface area contributed by atoms with Crippen LogP contribution in [-0.4, -0.2) is 52.3 Å². The van der Waals surface area contributed by atoms with Gasteiger partial charge in [0.05, 0.1) is 18.8 Å². The second-order valence-corrected chi connectivity index (χ2v) is 16.5. The maximum atomic E-state index is 12.5. The number of rotatable bonds is 15. The van der Waals surface area contributed by atoms with Crippen LogP contribution in [0.4, 0.5) is 0 Å². The summed E-state index contributed by atoms with van der Waals surface area (Å²) >= 11 is 0. The Hall–Kier alpha value is -3.60. The molecule has 2 saturated heterocycles. The van der Waals surface area contributed by atoms with Gasteiger partial charge in [0.25, 0.3) is 0 Å². The lowest BCUT2D eigenvalue weighted by Gasteiger charge is -2.41. The average molecular weight is 712 g/mol. The molecule has 4 N–H and O–H groups in total. The first kappa shape index (κ1) is 38.1. The van der Waals surface area contributed by atoms with E-state index in [1.807, 2.05) is 24.3 Å². The van der Waals surface area contributed by atoms with Gasteiger partial charge < -0.3 is 19.9 Å². The van der Waals surface area contributed by atoms with Crippen LogP contribution in [0.3, 0.4) is 0 Å². The van der Waals surface area contributed by atoms with Crippen LogP contribution in [0.5, 0.6) is 0 Å². The van der Waals surface area contributed by atoms with Gasteiger partial charge in [-0.1, -0.05) is 100 Å². The fraction of sp³-hybridized carbons (Fsp3) is 0.535. The maximum absolute atomic E-state index is 12.5. The number of carbonyl (C=O) groups excluding carboxylic acids is 2. The number of nitrogens with zero attached hydrogens (tertiary/aromatic N) is 1. The number of aliphatic hydroxyl groups excluding tert-OH is 1. The molecule has 52 heavy (non-hydrogen) atoms. The molecule has 2 unspecified atom stereocenters. The molecular weight excluding hydrogens is 654 g/mol. The molecule has 0 radical (unpaired) electrons. The van der Waals surface area contributed by atoms with Crippen molar-refractivity contribution in [2.75, 3.05) is 13.1 Å². The molecule has 9 heteroatoms. The number of hydroxylamine groups is 1. The lowest BCUT2D eigenvalue weighted by molar-refractivity contribution is -0.253. The van der Waals surface area contributed by atoms with Crippen molar-refractivity contribution in [3.8, 4) is 11.1 Å². The molecule has 1 saturated carbocycles. The van der Waals surface area contributed by atoms with Crippen LogP contribution >= 0.6 is 0 Å². The molecule has 9 nitrogen and oxygen atoms in total. The van der Waals surface area contributed by atoms with E-state index in [2.05, 4.69) is 79.5 Å². The predicted octanol–water partition coefficient (Wildman–Crippen LogP) is 7.75. The number of benzene rings is 3. The number of amides is 2. The van der Waals surface area contributed by atoms with Crippen LogP contribution in [0.25, 0.3) is 11.1 Å². The van der Waals surface area contributed by atoms with Crippen LogP contribution in [0.15, 0.2) is 72.8 Å². The van der Waals surface area contributed by atoms with Crippen LogP contribution in [-0.2, 0) is 32.2 Å². The highest BCUT2D eigenvalue weighted by Crippen LogP contribution is 2.53. The van der Waals surface area contributed by atoms with Crippen LogP contribution in [0.2, 0.25) is 0 Å². The summed E-state index contributed by atoms with van der Waals surface area (Å²) in [5.74, 6) is -0.358. The Balaban J connectivity index is 1.08. The van der Waals surface area contributed by atoms with E-state index in [-0.39, 0.29) is 30.6 Å². The standard InChI is InChI=1S/C43H57N3O6/c1-42(2)23-36-24-43(3,28-42)29-46(36)26-37-22-38(33-15-13-30(27-47)14-16-33)52-41(51-37)34-19-17-32(18-20-34)35-10-8-9-31(21-35)25-44-39(48)11-6-4-5-7-12-40(49)45-50/h8-10,13-21,36-38,41,47,50H,4-7,11-12,22-29H2,1-3H3,(H,44,48)(H,45,49)/t36?,37-,38+,41+,43?/m0/s1. The summed E-state index contributed by atoms with van der Waals surface area (Å²) in [5, 5.41) is 21.2. The summed E-state index contributed by atoms with van der Waals surface area (Å²) in [5.41, 5.74) is 8.54. The molecule has 3 fully saturated rings. The van der Waals surface area contributed by atoms with Crippen LogP contribution in [0, 0.1) is 10.8 Å². The second kappa shape index (κ2) is 17.0. The SMILES string of the molecule is CC1(C)CC2CC(C)(CN2C[C@@H]2C[C@H](c3ccc(CO)cc3)O[C@H](c3ccc(-c4cccc(CNC(=O)CCCCCCC(=O)NO)c4)cc3)O2)C1. The number of ether oxygens (including phenoxy) is 2. The summed E-state index contributed by atoms with van der Waals surface area (Å²) in [6.45, 7) is 9.80. The first-order valence-corrected chi connectivity index (χ1v) is 19.1. The van der Waals surface area contributed by atoms with Gasteiger partial charge in [-0.2, -0.15) is 0 Å².